The van der Waals surface area contributed by atoms with Crippen LogP contribution in [0.5, 0.6) is 0 Å². The standard InChI is InChI=1S/C16H24N6O.ClH/c1-11(2)8-22-10-13(5-19-22)20-16(23)15-7-17-6-14(15)12-4-18-21(3)9-12;/h4-5,9-11,14-15,17H,6-8H2,1-3H3,(H,20,23);1H/t14-,15+;/m1./s1. The normalized spacial score (nSPS) is 20.2. The van der Waals surface area contributed by atoms with Gasteiger partial charge in [-0.2, -0.15) is 10.2 Å². The summed E-state index contributed by atoms with van der Waals surface area (Å²) >= 11 is 0. The second kappa shape index (κ2) is 7.81. The monoisotopic (exact) mass is 352 g/mol. The largest absolute Gasteiger partial charge is 0.323 e. The van der Waals surface area contributed by atoms with Crippen LogP contribution in [-0.2, 0) is 18.4 Å². The van der Waals surface area contributed by atoms with Gasteiger partial charge in [0.1, 0.15) is 0 Å². The van der Waals surface area contributed by atoms with E-state index in [2.05, 4.69) is 34.7 Å². The SMILES string of the molecule is CC(C)Cn1cc(NC(=O)[C@H]2CNC[C@@H]2c2cnn(C)c2)cn1.Cl. The van der Waals surface area contributed by atoms with E-state index >= 15 is 0 Å². The van der Waals surface area contributed by atoms with Crippen LogP contribution in [0.2, 0.25) is 0 Å². The third-order valence-electron chi connectivity index (χ3n) is 4.16. The highest BCUT2D eigenvalue weighted by Crippen LogP contribution is 2.28. The average molecular weight is 353 g/mol. The van der Waals surface area contributed by atoms with Crippen LogP contribution in [0.25, 0.3) is 0 Å². The molecule has 1 amide bonds. The fourth-order valence-electron chi connectivity index (χ4n) is 3.07. The van der Waals surface area contributed by atoms with Crippen LogP contribution in [0.4, 0.5) is 5.69 Å². The molecule has 2 aromatic heterocycles. The van der Waals surface area contributed by atoms with Gasteiger partial charge in [-0.3, -0.25) is 14.2 Å². The highest BCUT2D eigenvalue weighted by Gasteiger charge is 2.34. The Labute approximate surface area is 148 Å². The predicted molar refractivity (Wildman–Crippen MR) is 95.3 cm³/mol. The van der Waals surface area contributed by atoms with E-state index in [0.717, 1.165) is 24.3 Å². The summed E-state index contributed by atoms with van der Waals surface area (Å²) in [5, 5.41) is 14.8. The van der Waals surface area contributed by atoms with Crippen molar-refractivity contribution >= 4 is 24.0 Å². The molecule has 0 aromatic carbocycles. The minimum atomic E-state index is -0.0901. The minimum Gasteiger partial charge on any atom is -0.323 e. The second-order valence-electron chi connectivity index (χ2n) is 6.65. The maximum absolute atomic E-state index is 12.6. The molecule has 24 heavy (non-hydrogen) atoms. The molecule has 0 saturated carbocycles. The summed E-state index contributed by atoms with van der Waals surface area (Å²) in [6.07, 6.45) is 7.43. The number of nitrogens with one attached hydrogen (secondary N) is 2. The van der Waals surface area contributed by atoms with Crippen LogP contribution in [0.3, 0.4) is 0 Å². The molecule has 2 N–H and O–H groups in total. The smallest absolute Gasteiger partial charge is 0.229 e. The molecular formula is C16H25ClN6O. The fourth-order valence-corrected chi connectivity index (χ4v) is 3.07. The molecule has 0 spiro atoms. The Bertz CT molecular complexity index is 680. The Balaban J connectivity index is 0.00000208. The lowest BCUT2D eigenvalue weighted by Crippen LogP contribution is -2.27. The van der Waals surface area contributed by atoms with E-state index in [0.29, 0.717) is 12.5 Å². The summed E-state index contributed by atoms with van der Waals surface area (Å²) in [5.74, 6) is 0.627. The topological polar surface area (TPSA) is 76.8 Å². The Morgan fingerprint density at radius 1 is 1.33 bits per heavy atom. The van der Waals surface area contributed by atoms with Gasteiger partial charge in [-0.15, -0.1) is 12.4 Å². The van der Waals surface area contributed by atoms with Crippen molar-refractivity contribution in [2.75, 3.05) is 18.4 Å². The third kappa shape index (κ3) is 4.15. The number of amides is 1. The van der Waals surface area contributed by atoms with E-state index in [4.69, 9.17) is 0 Å². The van der Waals surface area contributed by atoms with Crippen molar-refractivity contribution < 1.29 is 4.79 Å². The average Bonchev–Trinajstić information content (AvgIpc) is 3.18. The number of aromatic nitrogens is 4. The van der Waals surface area contributed by atoms with Crippen LogP contribution >= 0.6 is 12.4 Å². The van der Waals surface area contributed by atoms with Crippen LogP contribution in [-0.4, -0.2) is 38.6 Å². The zero-order valence-corrected chi connectivity index (χ0v) is 15.1. The summed E-state index contributed by atoms with van der Waals surface area (Å²) < 4.78 is 3.64. The molecule has 2 atom stereocenters. The molecule has 0 bridgehead atoms. The summed E-state index contributed by atoms with van der Waals surface area (Å²) in [6, 6.07) is 0. The maximum Gasteiger partial charge on any atom is 0.229 e. The van der Waals surface area contributed by atoms with Crippen LogP contribution in [0.15, 0.2) is 24.8 Å². The van der Waals surface area contributed by atoms with Crippen molar-refractivity contribution in [3.63, 3.8) is 0 Å². The van der Waals surface area contributed by atoms with E-state index in [9.17, 15) is 4.79 Å². The molecule has 1 aliphatic heterocycles. The number of aryl methyl sites for hydroxylation is 1. The van der Waals surface area contributed by atoms with Crippen molar-refractivity contribution in [1.29, 1.82) is 0 Å². The van der Waals surface area contributed by atoms with Crippen molar-refractivity contribution in [1.82, 2.24) is 24.9 Å². The number of carbonyl (C=O) groups is 1. The van der Waals surface area contributed by atoms with E-state index in [1.54, 1.807) is 10.9 Å². The van der Waals surface area contributed by atoms with Crippen molar-refractivity contribution in [3.05, 3.63) is 30.4 Å². The van der Waals surface area contributed by atoms with Gasteiger partial charge in [-0.25, -0.2) is 0 Å². The van der Waals surface area contributed by atoms with Gasteiger partial charge in [-0.05, 0) is 11.5 Å². The molecule has 0 aliphatic carbocycles. The number of anilines is 1. The quantitative estimate of drug-likeness (QED) is 0.857. The van der Waals surface area contributed by atoms with Gasteiger partial charge < -0.3 is 10.6 Å². The van der Waals surface area contributed by atoms with Crippen molar-refractivity contribution in [2.45, 2.75) is 26.3 Å². The van der Waals surface area contributed by atoms with Gasteiger partial charge in [-0.1, -0.05) is 13.8 Å². The van der Waals surface area contributed by atoms with Gasteiger partial charge in [0.25, 0.3) is 0 Å². The maximum atomic E-state index is 12.6. The Morgan fingerprint density at radius 3 is 2.79 bits per heavy atom. The molecule has 8 heteroatoms. The molecule has 0 unspecified atom stereocenters. The van der Waals surface area contributed by atoms with Crippen LogP contribution in [0.1, 0.15) is 25.3 Å². The van der Waals surface area contributed by atoms with Crippen molar-refractivity contribution in [3.8, 4) is 0 Å². The lowest BCUT2D eigenvalue weighted by atomic mass is 9.90. The number of hydrogen-bond donors (Lipinski definition) is 2. The van der Waals surface area contributed by atoms with Crippen LogP contribution < -0.4 is 10.6 Å². The van der Waals surface area contributed by atoms with Gasteiger partial charge in [0.15, 0.2) is 0 Å². The third-order valence-corrected chi connectivity index (χ3v) is 4.16. The molecule has 132 valence electrons. The molecule has 1 saturated heterocycles. The molecule has 3 heterocycles. The first-order valence-corrected chi connectivity index (χ1v) is 8.05. The Hall–Kier alpha value is -1.86. The summed E-state index contributed by atoms with van der Waals surface area (Å²) in [7, 11) is 1.89. The summed E-state index contributed by atoms with van der Waals surface area (Å²) in [6.45, 7) is 6.62. The zero-order valence-electron chi connectivity index (χ0n) is 14.3. The van der Waals surface area contributed by atoms with Gasteiger partial charge >= 0.3 is 0 Å². The molecule has 1 aliphatic rings. The molecule has 7 nitrogen and oxygen atoms in total. The summed E-state index contributed by atoms with van der Waals surface area (Å²) in [5.41, 5.74) is 1.86. The van der Waals surface area contributed by atoms with E-state index in [1.807, 2.05) is 30.3 Å². The number of rotatable bonds is 5. The number of halogens is 1. The number of hydrogen-bond acceptors (Lipinski definition) is 4. The molecule has 3 rings (SSSR count). The van der Waals surface area contributed by atoms with Gasteiger partial charge in [0, 0.05) is 45.0 Å². The first kappa shape index (κ1) is 18.5. The fraction of sp³-hybridized carbons (Fsp3) is 0.562. The van der Waals surface area contributed by atoms with E-state index in [-0.39, 0.29) is 30.2 Å². The summed E-state index contributed by atoms with van der Waals surface area (Å²) in [4.78, 5) is 12.6. The Morgan fingerprint density at radius 2 is 2.12 bits per heavy atom. The van der Waals surface area contributed by atoms with Crippen molar-refractivity contribution in [2.24, 2.45) is 18.9 Å². The number of carbonyl (C=O) groups excluding carboxylic acids is 1. The van der Waals surface area contributed by atoms with E-state index < -0.39 is 0 Å². The predicted octanol–water partition coefficient (Wildman–Crippen LogP) is 1.64. The Kier molecular flexibility index (Phi) is 6.01. The second-order valence-corrected chi connectivity index (χ2v) is 6.65. The van der Waals surface area contributed by atoms with Gasteiger partial charge in [0.05, 0.1) is 24.0 Å². The van der Waals surface area contributed by atoms with Crippen LogP contribution in [0, 0.1) is 11.8 Å². The lowest BCUT2D eigenvalue weighted by molar-refractivity contribution is -0.119. The first-order valence-electron chi connectivity index (χ1n) is 8.05. The molecule has 2 aromatic rings. The number of nitrogens with zero attached hydrogens (tertiary/aromatic N) is 4. The molecular weight excluding hydrogens is 328 g/mol. The highest BCUT2D eigenvalue weighted by molar-refractivity contribution is 5.93. The van der Waals surface area contributed by atoms with E-state index in [1.165, 1.54) is 0 Å². The lowest BCUT2D eigenvalue weighted by Gasteiger charge is -2.16. The van der Waals surface area contributed by atoms with Gasteiger partial charge in [0.2, 0.25) is 5.91 Å². The first-order chi connectivity index (χ1) is 11.0. The zero-order chi connectivity index (χ0) is 16.4. The minimum absolute atomic E-state index is 0. The molecule has 1 fully saturated rings. The highest BCUT2D eigenvalue weighted by atomic mass is 35.5. The molecule has 0 radical (unpaired) electrons.